The lowest BCUT2D eigenvalue weighted by Crippen LogP contribution is -2.31. The molecule has 0 saturated heterocycles. The van der Waals surface area contributed by atoms with Crippen LogP contribution in [0.3, 0.4) is 0 Å². The van der Waals surface area contributed by atoms with Gasteiger partial charge in [-0.05, 0) is 19.4 Å². The van der Waals surface area contributed by atoms with Gasteiger partial charge in [0.2, 0.25) is 5.91 Å². The van der Waals surface area contributed by atoms with Crippen molar-refractivity contribution in [2.75, 3.05) is 5.75 Å². The van der Waals surface area contributed by atoms with Crippen molar-refractivity contribution in [2.45, 2.75) is 19.6 Å². The van der Waals surface area contributed by atoms with Crippen LogP contribution in [0.25, 0.3) is 0 Å². The van der Waals surface area contributed by atoms with Crippen LogP contribution in [0.5, 0.6) is 0 Å². The van der Waals surface area contributed by atoms with Gasteiger partial charge in [0, 0.05) is 5.75 Å². The summed E-state index contributed by atoms with van der Waals surface area (Å²) in [6.07, 6.45) is 0. The predicted molar refractivity (Wildman–Crippen MR) is 64.4 cm³/mol. The van der Waals surface area contributed by atoms with Gasteiger partial charge >= 0.3 is 0 Å². The molecule has 3 N–H and O–H groups in total. The van der Waals surface area contributed by atoms with E-state index >= 15 is 0 Å². The van der Waals surface area contributed by atoms with Gasteiger partial charge in [0.15, 0.2) is 0 Å². The van der Waals surface area contributed by atoms with Crippen molar-refractivity contribution in [2.24, 2.45) is 5.84 Å². The maximum absolute atomic E-state index is 10.9. The molecule has 0 atom stereocenters. The number of hydrazine groups is 1. The number of hydrogen-bond donors (Lipinski definition) is 2. The lowest BCUT2D eigenvalue weighted by atomic mass is 10.1. The topological polar surface area (TPSA) is 55.1 Å². The van der Waals surface area contributed by atoms with Gasteiger partial charge in [-0.25, -0.2) is 5.84 Å². The number of nitrogens with one attached hydrogen (secondary N) is 1. The van der Waals surface area contributed by atoms with Gasteiger partial charge < -0.3 is 0 Å². The van der Waals surface area contributed by atoms with E-state index in [4.69, 9.17) is 5.84 Å². The fraction of sp³-hybridized carbons (Fsp3) is 0.364. The van der Waals surface area contributed by atoms with Crippen molar-refractivity contribution in [3.05, 3.63) is 34.9 Å². The second kappa shape index (κ2) is 5.78. The number of thioether (sulfide) groups is 1. The van der Waals surface area contributed by atoms with Crippen LogP contribution < -0.4 is 11.3 Å². The van der Waals surface area contributed by atoms with Crippen molar-refractivity contribution in [3.63, 3.8) is 0 Å². The molecule has 0 radical (unpaired) electrons. The standard InChI is InChI=1S/C11H16N2OS/c1-8-3-9(2)5-10(4-8)6-15-7-11(14)13-12/h3-5H,6-7,12H2,1-2H3,(H,13,14). The summed E-state index contributed by atoms with van der Waals surface area (Å²) in [5.41, 5.74) is 5.88. The summed E-state index contributed by atoms with van der Waals surface area (Å²) in [7, 11) is 0. The molecule has 0 aromatic heterocycles. The lowest BCUT2D eigenvalue weighted by molar-refractivity contribution is -0.118. The first-order chi connectivity index (χ1) is 7.11. The molecule has 0 aliphatic heterocycles. The second-order valence-electron chi connectivity index (χ2n) is 3.56. The van der Waals surface area contributed by atoms with Crippen LogP contribution in [0.4, 0.5) is 0 Å². The zero-order valence-corrected chi connectivity index (χ0v) is 9.86. The van der Waals surface area contributed by atoms with E-state index in [1.54, 1.807) is 11.8 Å². The smallest absolute Gasteiger partial charge is 0.243 e. The molecule has 1 amide bonds. The zero-order valence-electron chi connectivity index (χ0n) is 9.04. The molecule has 82 valence electrons. The Balaban J connectivity index is 2.47. The fourth-order valence-electron chi connectivity index (χ4n) is 1.46. The van der Waals surface area contributed by atoms with Crippen molar-refractivity contribution < 1.29 is 4.79 Å². The second-order valence-corrected chi connectivity index (χ2v) is 4.54. The summed E-state index contributed by atoms with van der Waals surface area (Å²) in [6, 6.07) is 6.42. The fourth-order valence-corrected chi connectivity index (χ4v) is 2.23. The Bertz CT molecular complexity index is 332. The molecule has 1 rings (SSSR count). The first kappa shape index (κ1) is 12.1. The Morgan fingerprint density at radius 3 is 2.47 bits per heavy atom. The van der Waals surface area contributed by atoms with Crippen LogP contribution in [0, 0.1) is 13.8 Å². The number of carbonyl (C=O) groups excluding carboxylic acids is 1. The highest BCUT2D eigenvalue weighted by Gasteiger charge is 2.00. The summed E-state index contributed by atoms with van der Waals surface area (Å²) in [5.74, 6) is 6.10. The molecule has 4 heteroatoms. The number of nitrogens with two attached hydrogens (primary N) is 1. The lowest BCUT2D eigenvalue weighted by Gasteiger charge is -2.04. The Labute approximate surface area is 94.4 Å². The quantitative estimate of drug-likeness (QED) is 0.463. The molecule has 0 aliphatic rings. The first-order valence-corrected chi connectivity index (χ1v) is 5.91. The number of carbonyl (C=O) groups is 1. The highest BCUT2D eigenvalue weighted by Crippen LogP contribution is 2.15. The molecule has 1 aromatic rings. The van der Waals surface area contributed by atoms with Crippen molar-refractivity contribution in [3.8, 4) is 0 Å². The van der Waals surface area contributed by atoms with Crippen LogP contribution in [-0.4, -0.2) is 11.7 Å². The summed E-state index contributed by atoms with van der Waals surface area (Å²) >= 11 is 1.56. The molecule has 0 spiro atoms. The predicted octanol–water partition coefficient (Wildman–Crippen LogP) is 1.53. The van der Waals surface area contributed by atoms with Crippen LogP contribution in [0.15, 0.2) is 18.2 Å². The molecule has 0 bridgehead atoms. The van der Waals surface area contributed by atoms with Gasteiger partial charge in [-0.1, -0.05) is 29.3 Å². The number of aryl methyl sites for hydroxylation is 2. The van der Waals surface area contributed by atoms with E-state index in [2.05, 4.69) is 37.5 Å². The van der Waals surface area contributed by atoms with Crippen LogP contribution in [0.1, 0.15) is 16.7 Å². The molecule has 15 heavy (non-hydrogen) atoms. The molecule has 0 fully saturated rings. The van der Waals surface area contributed by atoms with E-state index in [0.717, 1.165) is 5.75 Å². The highest BCUT2D eigenvalue weighted by atomic mass is 32.2. The summed E-state index contributed by atoms with van der Waals surface area (Å²) < 4.78 is 0. The Kier molecular flexibility index (Phi) is 4.65. The summed E-state index contributed by atoms with van der Waals surface area (Å²) in [5, 5.41) is 0. The number of hydrogen-bond acceptors (Lipinski definition) is 3. The molecule has 3 nitrogen and oxygen atoms in total. The minimum atomic E-state index is -0.135. The monoisotopic (exact) mass is 224 g/mol. The number of rotatable bonds is 4. The van der Waals surface area contributed by atoms with Gasteiger partial charge in [-0.2, -0.15) is 0 Å². The van der Waals surface area contributed by atoms with Crippen LogP contribution >= 0.6 is 11.8 Å². The van der Waals surface area contributed by atoms with Crippen LogP contribution in [-0.2, 0) is 10.5 Å². The number of amides is 1. The average molecular weight is 224 g/mol. The van der Waals surface area contributed by atoms with Crippen LogP contribution in [0.2, 0.25) is 0 Å². The summed E-state index contributed by atoms with van der Waals surface area (Å²) in [6.45, 7) is 4.15. The van der Waals surface area contributed by atoms with Crippen molar-refractivity contribution >= 4 is 17.7 Å². The van der Waals surface area contributed by atoms with Gasteiger partial charge in [0.1, 0.15) is 0 Å². The van der Waals surface area contributed by atoms with Gasteiger partial charge in [0.25, 0.3) is 0 Å². The van der Waals surface area contributed by atoms with Gasteiger partial charge in [-0.15, -0.1) is 11.8 Å². The average Bonchev–Trinajstić information content (AvgIpc) is 2.16. The molecule has 0 unspecified atom stereocenters. The van der Waals surface area contributed by atoms with E-state index in [0.29, 0.717) is 5.75 Å². The third-order valence-corrected chi connectivity index (χ3v) is 2.95. The minimum absolute atomic E-state index is 0.135. The third kappa shape index (κ3) is 4.36. The molecular formula is C11H16N2OS. The molecular weight excluding hydrogens is 208 g/mol. The van der Waals surface area contributed by atoms with E-state index < -0.39 is 0 Å². The van der Waals surface area contributed by atoms with E-state index in [-0.39, 0.29) is 5.91 Å². The molecule has 0 heterocycles. The van der Waals surface area contributed by atoms with E-state index in [1.165, 1.54) is 16.7 Å². The summed E-state index contributed by atoms with van der Waals surface area (Å²) in [4.78, 5) is 10.9. The Morgan fingerprint density at radius 1 is 1.33 bits per heavy atom. The maximum Gasteiger partial charge on any atom is 0.243 e. The van der Waals surface area contributed by atoms with Gasteiger partial charge in [-0.3, -0.25) is 10.2 Å². The molecule has 0 saturated carbocycles. The molecule has 0 aliphatic carbocycles. The third-order valence-electron chi connectivity index (χ3n) is 1.94. The first-order valence-electron chi connectivity index (χ1n) is 4.76. The Morgan fingerprint density at radius 2 is 1.93 bits per heavy atom. The maximum atomic E-state index is 10.9. The highest BCUT2D eigenvalue weighted by molar-refractivity contribution is 7.99. The van der Waals surface area contributed by atoms with Crippen molar-refractivity contribution in [1.29, 1.82) is 0 Å². The SMILES string of the molecule is Cc1cc(C)cc(CSCC(=O)NN)c1. The van der Waals surface area contributed by atoms with Gasteiger partial charge in [0.05, 0.1) is 5.75 Å². The molecule has 1 aromatic carbocycles. The normalized spacial score (nSPS) is 10.1. The van der Waals surface area contributed by atoms with E-state index in [1.807, 2.05) is 0 Å². The van der Waals surface area contributed by atoms with Crippen molar-refractivity contribution in [1.82, 2.24) is 5.43 Å². The largest absolute Gasteiger partial charge is 0.294 e. The number of benzene rings is 1. The Hall–Kier alpha value is -1.00. The minimum Gasteiger partial charge on any atom is -0.294 e. The zero-order chi connectivity index (χ0) is 11.3. The van der Waals surface area contributed by atoms with E-state index in [9.17, 15) is 4.79 Å².